The van der Waals surface area contributed by atoms with Gasteiger partial charge in [-0.1, -0.05) is 98.1 Å². The lowest BCUT2D eigenvalue weighted by molar-refractivity contribution is -0.130. The summed E-state index contributed by atoms with van der Waals surface area (Å²) in [6, 6.07) is 41.3. The van der Waals surface area contributed by atoms with E-state index in [1.807, 2.05) is 48.5 Å². The van der Waals surface area contributed by atoms with Gasteiger partial charge in [-0.15, -0.1) is 0 Å². The largest absolute Gasteiger partial charge is 0.423 e. The van der Waals surface area contributed by atoms with E-state index in [4.69, 9.17) is 9.47 Å². The molecule has 0 saturated carbocycles. The Bertz CT molecular complexity index is 2120. The van der Waals surface area contributed by atoms with Crippen LogP contribution < -0.4 is 9.47 Å². The van der Waals surface area contributed by atoms with Crippen molar-refractivity contribution in [1.29, 1.82) is 0 Å². The Morgan fingerprint density at radius 1 is 0.556 bits per heavy atom. The molecule has 6 aromatic carbocycles. The summed E-state index contributed by atoms with van der Waals surface area (Å²) >= 11 is 0. The number of hydrogen-bond acceptors (Lipinski definition) is 4. The summed E-state index contributed by atoms with van der Waals surface area (Å²) in [5.74, 6) is -0.0439. The van der Waals surface area contributed by atoms with Crippen LogP contribution in [0.2, 0.25) is 0 Å². The number of carbonyl (C=O) groups is 2. The minimum atomic E-state index is -0.730. The van der Waals surface area contributed by atoms with E-state index in [9.17, 15) is 9.59 Å². The van der Waals surface area contributed by atoms with E-state index in [-0.39, 0.29) is 0 Å². The third kappa shape index (κ3) is 4.54. The fraction of sp³-hybridized carbons (Fsp3) is 0.0732. The van der Waals surface area contributed by atoms with Gasteiger partial charge < -0.3 is 9.47 Å². The maximum Gasteiger partial charge on any atom is 0.338 e. The zero-order valence-corrected chi connectivity index (χ0v) is 25.1. The first-order chi connectivity index (χ1) is 21.8. The van der Waals surface area contributed by atoms with E-state index in [1.54, 1.807) is 13.8 Å². The first kappa shape index (κ1) is 28.1. The molecule has 0 N–H and O–H groups in total. The van der Waals surface area contributed by atoms with Crippen molar-refractivity contribution < 1.29 is 19.1 Å². The van der Waals surface area contributed by atoms with Gasteiger partial charge in [0.25, 0.3) is 0 Å². The van der Waals surface area contributed by atoms with Crippen molar-refractivity contribution in [3.05, 3.63) is 168 Å². The van der Waals surface area contributed by atoms with Crippen molar-refractivity contribution in [3.63, 3.8) is 0 Å². The number of hydrogen-bond donors (Lipinski definition) is 0. The first-order valence-corrected chi connectivity index (χ1v) is 14.8. The molecule has 0 unspecified atom stereocenters. The Morgan fingerprint density at radius 3 is 1.58 bits per heavy atom. The minimum Gasteiger partial charge on any atom is -0.423 e. The van der Waals surface area contributed by atoms with Gasteiger partial charge in [0.05, 0.1) is 5.41 Å². The van der Waals surface area contributed by atoms with Crippen molar-refractivity contribution in [2.24, 2.45) is 0 Å². The standard InChI is InChI=1S/C41H30O4/c1-25(2)39(42)44-32-18-14-30(15-19-32)41(31-16-20-33(21-17-31)45-40(43)26(3)4)36-22-13-27-9-7-8-12-34(27)38(36)35-23-28-10-5-6-11-29(28)24-37(35)41/h5-24H,1,3H2,2,4H3. The summed E-state index contributed by atoms with van der Waals surface area (Å²) in [4.78, 5) is 24.6. The molecular formula is C41H30O4. The van der Waals surface area contributed by atoms with Crippen LogP contribution in [0.4, 0.5) is 0 Å². The third-order valence-corrected chi connectivity index (χ3v) is 8.58. The molecule has 0 radical (unpaired) electrons. The summed E-state index contributed by atoms with van der Waals surface area (Å²) in [6.45, 7) is 10.7. The second kappa shape index (κ2) is 10.8. The number of fused-ring (bicyclic) bond motifs is 6. The lowest BCUT2D eigenvalue weighted by Gasteiger charge is -2.34. The number of esters is 2. The van der Waals surface area contributed by atoms with Crippen LogP contribution in [-0.2, 0) is 15.0 Å². The van der Waals surface area contributed by atoms with Gasteiger partial charge in [0.15, 0.2) is 0 Å². The molecule has 0 spiro atoms. The normalized spacial score (nSPS) is 12.8. The Balaban J connectivity index is 1.53. The van der Waals surface area contributed by atoms with Gasteiger partial charge in [0.1, 0.15) is 11.5 Å². The topological polar surface area (TPSA) is 52.6 Å². The Kier molecular flexibility index (Phi) is 6.71. The molecule has 0 atom stereocenters. The van der Waals surface area contributed by atoms with Crippen LogP contribution in [0.1, 0.15) is 36.1 Å². The molecule has 218 valence electrons. The lowest BCUT2D eigenvalue weighted by Crippen LogP contribution is -2.28. The smallest absolute Gasteiger partial charge is 0.338 e. The van der Waals surface area contributed by atoms with E-state index in [2.05, 4.69) is 86.0 Å². The monoisotopic (exact) mass is 586 g/mol. The molecule has 45 heavy (non-hydrogen) atoms. The maximum atomic E-state index is 12.3. The van der Waals surface area contributed by atoms with E-state index in [0.29, 0.717) is 22.6 Å². The van der Waals surface area contributed by atoms with Crippen LogP contribution in [0.3, 0.4) is 0 Å². The fourth-order valence-electron chi connectivity index (χ4n) is 6.50. The zero-order chi connectivity index (χ0) is 31.3. The Labute approximate surface area is 261 Å². The molecular weight excluding hydrogens is 556 g/mol. The van der Waals surface area contributed by atoms with Gasteiger partial charge in [-0.3, -0.25) is 0 Å². The van der Waals surface area contributed by atoms with E-state index in [0.717, 1.165) is 44.0 Å². The van der Waals surface area contributed by atoms with Gasteiger partial charge in [-0.2, -0.15) is 0 Å². The van der Waals surface area contributed by atoms with Gasteiger partial charge in [0.2, 0.25) is 0 Å². The maximum absolute atomic E-state index is 12.3. The first-order valence-electron chi connectivity index (χ1n) is 14.8. The number of carbonyl (C=O) groups excluding carboxylic acids is 2. The molecule has 0 saturated heterocycles. The quantitative estimate of drug-likeness (QED) is 0.111. The van der Waals surface area contributed by atoms with Crippen LogP contribution in [-0.4, -0.2) is 11.9 Å². The van der Waals surface area contributed by atoms with Crippen molar-refractivity contribution in [1.82, 2.24) is 0 Å². The number of rotatable bonds is 6. The van der Waals surface area contributed by atoms with Crippen LogP contribution in [0, 0.1) is 0 Å². The Hall–Kier alpha value is -5.74. The second-order valence-corrected chi connectivity index (χ2v) is 11.6. The van der Waals surface area contributed by atoms with Crippen molar-refractivity contribution in [3.8, 4) is 22.6 Å². The molecule has 0 aromatic heterocycles. The number of benzene rings is 6. The fourth-order valence-corrected chi connectivity index (χ4v) is 6.50. The molecule has 0 fully saturated rings. The zero-order valence-electron chi connectivity index (χ0n) is 25.1. The highest BCUT2D eigenvalue weighted by molar-refractivity contribution is 6.06. The number of ether oxygens (including phenoxy) is 2. The highest BCUT2D eigenvalue weighted by Crippen LogP contribution is 2.58. The predicted molar refractivity (Wildman–Crippen MR) is 180 cm³/mol. The SMILES string of the molecule is C=C(C)C(=O)Oc1ccc(C2(c3ccc(OC(=O)C(=C)C)cc3)c3cc4ccccc4cc3-c3c2ccc2ccccc32)cc1. The van der Waals surface area contributed by atoms with Crippen molar-refractivity contribution in [2.75, 3.05) is 0 Å². The summed E-state index contributed by atoms with van der Waals surface area (Å²) in [6.07, 6.45) is 0. The summed E-state index contributed by atoms with van der Waals surface area (Å²) < 4.78 is 11.1. The van der Waals surface area contributed by atoms with Crippen LogP contribution in [0.15, 0.2) is 146 Å². The van der Waals surface area contributed by atoms with Crippen LogP contribution in [0.25, 0.3) is 32.7 Å². The lowest BCUT2D eigenvalue weighted by atomic mass is 9.67. The second-order valence-electron chi connectivity index (χ2n) is 11.6. The molecule has 4 heteroatoms. The van der Waals surface area contributed by atoms with Gasteiger partial charge in [0, 0.05) is 11.1 Å². The molecule has 6 aromatic rings. The predicted octanol–water partition coefficient (Wildman–Crippen LogP) is 9.32. The molecule has 1 aliphatic rings. The van der Waals surface area contributed by atoms with E-state index >= 15 is 0 Å². The molecule has 0 aliphatic heterocycles. The van der Waals surface area contributed by atoms with Gasteiger partial charge in [-0.25, -0.2) is 9.59 Å². The molecule has 7 rings (SSSR count). The summed E-state index contributed by atoms with van der Waals surface area (Å²) in [5, 5.41) is 4.63. The highest BCUT2D eigenvalue weighted by atomic mass is 16.5. The molecule has 1 aliphatic carbocycles. The van der Waals surface area contributed by atoms with E-state index in [1.165, 1.54) is 10.9 Å². The van der Waals surface area contributed by atoms with Gasteiger partial charge in [-0.05, 0) is 105 Å². The summed E-state index contributed by atoms with van der Waals surface area (Å²) in [7, 11) is 0. The molecule has 4 nitrogen and oxygen atoms in total. The summed E-state index contributed by atoms with van der Waals surface area (Å²) in [5.41, 5.74) is 6.59. The molecule has 0 heterocycles. The van der Waals surface area contributed by atoms with Gasteiger partial charge >= 0.3 is 11.9 Å². The Morgan fingerprint density at radius 2 is 1.04 bits per heavy atom. The minimum absolute atomic E-state index is 0.334. The highest BCUT2D eigenvalue weighted by Gasteiger charge is 2.47. The van der Waals surface area contributed by atoms with Crippen molar-refractivity contribution in [2.45, 2.75) is 19.3 Å². The average Bonchev–Trinajstić information content (AvgIpc) is 3.34. The average molecular weight is 587 g/mol. The molecule has 0 amide bonds. The van der Waals surface area contributed by atoms with E-state index < -0.39 is 17.4 Å². The third-order valence-electron chi connectivity index (χ3n) is 8.58. The molecule has 0 bridgehead atoms. The van der Waals surface area contributed by atoms with Crippen LogP contribution >= 0.6 is 0 Å². The van der Waals surface area contributed by atoms with Crippen molar-refractivity contribution >= 4 is 33.5 Å². The van der Waals surface area contributed by atoms with Crippen LogP contribution in [0.5, 0.6) is 11.5 Å².